The van der Waals surface area contributed by atoms with Gasteiger partial charge in [0.1, 0.15) is 17.1 Å². The number of carbonyl (C=O) groups is 2. The Kier molecular flexibility index (Phi) is 5.58. The number of hydrogen-bond donors (Lipinski definition) is 0. The average Bonchev–Trinajstić information content (AvgIpc) is 2.38. The zero-order chi connectivity index (χ0) is 17.0. The van der Waals surface area contributed by atoms with Gasteiger partial charge in [0, 0.05) is 0 Å². The summed E-state index contributed by atoms with van der Waals surface area (Å²) in [6, 6.07) is 6.24. The molecule has 0 unspecified atom stereocenters. The lowest BCUT2D eigenvalue weighted by Crippen LogP contribution is -2.28. The van der Waals surface area contributed by atoms with Crippen LogP contribution in [0.1, 0.15) is 48.0 Å². The molecule has 0 fully saturated rings. The zero-order valence-corrected chi connectivity index (χ0v) is 14.1. The minimum absolute atomic E-state index is 0.296. The van der Waals surface area contributed by atoms with Crippen LogP contribution in [0.3, 0.4) is 0 Å². The van der Waals surface area contributed by atoms with Crippen molar-refractivity contribution in [3.05, 3.63) is 24.3 Å². The third-order valence-electron chi connectivity index (χ3n) is 3.06. The normalized spacial score (nSPS) is 11.7. The molecule has 1 rings (SSSR count). The van der Waals surface area contributed by atoms with Crippen LogP contribution >= 0.6 is 0 Å². The monoisotopic (exact) mass is 308 g/mol. The molecule has 0 saturated heterocycles. The maximum Gasteiger partial charge on any atom is 0.514 e. The standard InChI is InChI=1S/C17H24O5/c1-7-17(5,6)14(18)20-12-8-10-13(11-9-12)21-15(19)22-16(2,3)4/h8-11H,7H2,1-6H3. The van der Waals surface area contributed by atoms with Gasteiger partial charge in [0.2, 0.25) is 0 Å². The second-order valence-corrected chi connectivity index (χ2v) is 6.66. The highest BCUT2D eigenvalue weighted by atomic mass is 16.7. The summed E-state index contributed by atoms with van der Waals surface area (Å²) in [5.74, 6) is 0.433. The quantitative estimate of drug-likeness (QED) is 0.470. The first kappa shape index (κ1) is 18.0. The molecule has 0 bridgehead atoms. The van der Waals surface area contributed by atoms with Crippen LogP contribution in [-0.2, 0) is 9.53 Å². The molecule has 0 saturated carbocycles. The molecule has 122 valence electrons. The van der Waals surface area contributed by atoms with E-state index in [9.17, 15) is 9.59 Å². The highest BCUT2D eigenvalue weighted by Crippen LogP contribution is 2.25. The molecule has 0 atom stereocenters. The fourth-order valence-electron chi connectivity index (χ4n) is 1.33. The van der Waals surface area contributed by atoms with E-state index in [-0.39, 0.29) is 5.97 Å². The van der Waals surface area contributed by atoms with Gasteiger partial charge < -0.3 is 14.2 Å². The molecular formula is C17H24O5. The molecule has 1 aromatic carbocycles. The van der Waals surface area contributed by atoms with E-state index in [0.717, 1.165) is 0 Å². The maximum absolute atomic E-state index is 12.0. The van der Waals surface area contributed by atoms with Crippen molar-refractivity contribution in [1.29, 1.82) is 0 Å². The Morgan fingerprint density at radius 3 is 1.77 bits per heavy atom. The summed E-state index contributed by atoms with van der Waals surface area (Å²) in [5.41, 5.74) is -1.15. The Labute approximate surface area is 131 Å². The number of esters is 1. The summed E-state index contributed by atoms with van der Waals surface area (Å²) in [4.78, 5) is 23.5. The van der Waals surface area contributed by atoms with Crippen molar-refractivity contribution in [2.24, 2.45) is 5.41 Å². The molecule has 0 aliphatic heterocycles. The number of rotatable bonds is 4. The molecule has 0 amide bonds. The van der Waals surface area contributed by atoms with Crippen LogP contribution in [0.15, 0.2) is 24.3 Å². The van der Waals surface area contributed by atoms with Gasteiger partial charge in [-0.1, -0.05) is 6.92 Å². The summed E-state index contributed by atoms with van der Waals surface area (Å²) < 4.78 is 15.4. The second kappa shape index (κ2) is 6.81. The molecule has 0 aromatic heterocycles. The van der Waals surface area contributed by atoms with Gasteiger partial charge in [-0.05, 0) is 65.3 Å². The topological polar surface area (TPSA) is 61.8 Å². The van der Waals surface area contributed by atoms with Crippen molar-refractivity contribution in [1.82, 2.24) is 0 Å². The number of hydrogen-bond acceptors (Lipinski definition) is 5. The van der Waals surface area contributed by atoms with Gasteiger partial charge in [0.25, 0.3) is 0 Å². The second-order valence-electron chi connectivity index (χ2n) is 6.66. The first-order valence-corrected chi connectivity index (χ1v) is 7.27. The predicted molar refractivity (Wildman–Crippen MR) is 83.0 cm³/mol. The van der Waals surface area contributed by atoms with E-state index in [4.69, 9.17) is 14.2 Å². The maximum atomic E-state index is 12.0. The van der Waals surface area contributed by atoms with E-state index in [1.807, 2.05) is 20.8 Å². The molecule has 0 heterocycles. The lowest BCUT2D eigenvalue weighted by Gasteiger charge is -2.20. The lowest BCUT2D eigenvalue weighted by molar-refractivity contribution is -0.144. The van der Waals surface area contributed by atoms with Gasteiger partial charge in [-0.3, -0.25) is 4.79 Å². The molecule has 0 radical (unpaired) electrons. The Morgan fingerprint density at radius 2 is 1.36 bits per heavy atom. The number of benzene rings is 1. The Bertz CT molecular complexity index is 523. The molecule has 22 heavy (non-hydrogen) atoms. The molecule has 5 nitrogen and oxygen atoms in total. The van der Waals surface area contributed by atoms with Crippen LogP contribution < -0.4 is 9.47 Å². The number of ether oxygens (including phenoxy) is 3. The van der Waals surface area contributed by atoms with Gasteiger partial charge in [-0.25, -0.2) is 4.79 Å². The van der Waals surface area contributed by atoms with Gasteiger partial charge in [-0.2, -0.15) is 0 Å². The summed E-state index contributed by atoms with van der Waals surface area (Å²) in [5, 5.41) is 0. The highest BCUT2D eigenvalue weighted by molar-refractivity contribution is 5.78. The summed E-state index contributed by atoms with van der Waals surface area (Å²) >= 11 is 0. The van der Waals surface area contributed by atoms with E-state index >= 15 is 0 Å². The lowest BCUT2D eigenvalue weighted by atomic mass is 9.91. The average molecular weight is 308 g/mol. The van der Waals surface area contributed by atoms with Crippen molar-refractivity contribution in [3.8, 4) is 11.5 Å². The predicted octanol–water partition coefficient (Wildman–Crippen LogP) is 4.34. The SMILES string of the molecule is CCC(C)(C)C(=O)Oc1ccc(OC(=O)OC(C)(C)C)cc1. The van der Waals surface area contributed by atoms with E-state index in [2.05, 4.69) is 0 Å². The van der Waals surface area contributed by atoms with E-state index in [1.54, 1.807) is 45.0 Å². The first-order chi connectivity index (χ1) is 10.0. The molecule has 1 aromatic rings. The third kappa shape index (κ3) is 5.76. The van der Waals surface area contributed by atoms with E-state index in [1.165, 1.54) is 0 Å². The van der Waals surface area contributed by atoms with Crippen molar-refractivity contribution in [2.75, 3.05) is 0 Å². The highest BCUT2D eigenvalue weighted by Gasteiger charge is 2.27. The Morgan fingerprint density at radius 1 is 0.909 bits per heavy atom. The van der Waals surface area contributed by atoms with Gasteiger partial charge in [-0.15, -0.1) is 0 Å². The van der Waals surface area contributed by atoms with Gasteiger partial charge in [0.05, 0.1) is 5.41 Å². The Balaban J connectivity index is 2.64. The molecule has 0 N–H and O–H groups in total. The first-order valence-electron chi connectivity index (χ1n) is 7.27. The van der Waals surface area contributed by atoms with Crippen molar-refractivity contribution in [2.45, 2.75) is 53.6 Å². The summed E-state index contributed by atoms with van der Waals surface area (Å²) in [7, 11) is 0. The fraction of sp³-hybridized carbons (Fsp3) is 0.529. The molecular weight excluding hydrogens is 284 g/mol. The van der Waals surface area contributed by atoms with Crippen LogP contribution in [0, 0.1) is 5.41 Å². The minimum atomic E-state index is -0.774. The van der Waals surface area contributed by atoms with Gasteiger partial charge >= 0.3 is 12.1 Å². The Hall–Kier alpha value is -2.04. The van der Waals surface area contributed by atoms with Crippen LogP contribution in [0.5, 0.6) is 11.5 Å². The van der Waals surface area contributed by atoms with Gasteiger partial charge in [0.15, 0.2) is 0 Å². The molecule has 0 spiro atoms. The fourth-order valence-corrected chi connectivity index (χ4v) is 1.33. The van der Waals surface area contributed by atoms with E-state index < -0.39 is 17.2 Å². The third-order valence-corrected chi connectivity index (χ3v) is 3.06. The molecule has 0 aliphatic rings. The summed E-state index contributed by atoms with van der Waals surface area (Å²) in [6.07, 6.45) is -0.0876. The van der Waals surface area contributed by atoms with Crippen molar-refractivity contribution in [3.63, 3.8) is 0 Å². The van der Waals surface area contributed by atoms with Crippen LogP contribution in [0.25, 0.3) is 0 Å². The minimum Gasteiger partial charge on any atom is -0.428 e. The van der Waals surface area contributed by atoms with Crippen LogP contribution in [0.2, 0.25) is 0 Å². The van der Waals surface area contributed by atoms with Crippen LogP contribution in [-0.4, -0.2) is 17.7 Å². The summed E-state index contributed by atoms with van der Waals surface area (Å²) in [6.45, 7) is 10.9. The largest absolute Gasteiger partial charge is 0.514 e. The smallest absolute Gasteiger partial charge is 0.428 e. The van der Waals surface area contributed by atoms with Crippen molar-refractivity contribution < 1.29 is 23.8 Å². The van der Waals surface area contributed by atoms with Crippen molar-refractivity contribution >= 4 is 12.1 Å². The molecule has 5 heteroatoms. The van der Waals surface area contributed by atoms with E-state index in [0.29, 0.717) is 17.9 Å². The molecule has 0 aliphatic carbocycles. The van der Waals surface area contributed by atoms with Crippen LogP contribution in [0.4, 0.5) is 4.79 Å². The zero-order valence-electron chi connectivity index (χ0n) is 14.1. The number of carbonyl (C=O) groups excluding carboxylic acids is 2.